The highest BCUT2D eigenvalue weighted by molar-refractivity contribution is 7.87. The second-order valence-electron chi connectivity index (χ2n) is 2.63. The number of rotatable bonds is 2. The van der Waals surface area contributed by atoms with Gasteiger partial charge >= 0.3 is 15.6 Å². The zero-order chi connectivity index (χ0) is 11.7. The summed E-state index contributed by atoms with van der Waals surface area (Å²) in [6.45, 7) is 3.42. The van der Waals surface area contributed by atoms with Crippen LogP contribution in [0.1, 0.15) is 0 Å². The van der Waals surface area contributed by atoms with E-state index in [1.165, 1.54) is 12.2 Å². The van der Waals surface area contributed by atoms with Crippen molar-refractivity contribution in [2.24, 2.45) is 0 Å². The summed E-state index contributed by atoms with van der Waals surface area (Å²) in [5.74, 6) is -0.417. The van der Waals surface area contributed by atoms with Crippen LogP contribution < -0.4 is 0 Å². The van der Waals surface area contributed by atoms with E-state index in [2.05, 4.69) is 10.8 Å². The van der Waals surface area contributed by atoms with Crippen LogP contribution in [0.2, 0.25) is 0 Å². The first kappa shape index (κ1) is 11.8. The molecule has 0 saturated heterocycles. The van der Waals surface area contributed by atoms with Crippen LogP contribution in [-0.2, 0) is 14.3 Å². The molecule has 1 rings (SSSR count). The highest BCUT2D eigenvalue weighted by Crippen LogP contribution is 2.28. The molecular weight excluding hydrogens is 233 g/mol. The van der Waals surface area contributed by atoms with Crippen molar-refractivity contribution < 1.29 is 25.8 Å². The van der Waals surface area contributed by atoms with E-state index in [1.807, 2.05) is 0 Å². The SMILES string of the molecule is C=C1[CH]C(OS(=O)(=O)C(F)(F)F)=CC=C1. The lowest BCUT2D eigenvalue weighted by Gasteiger charge is -2.13. The van der Waals surface area contributed by atoms with Gasteiger partial charge in [-0.2, -0.15) is 21.6 Å². The summed E-state index contributed by atoms with van der Waals surface area (Å²) in [6.07, 6.45) is 5.01. The summed E-state index contributed by atoms with van der Waals surface area (Å²) in [6, 6.07) is 0. The molecule has 1 aliphatic carbocycles. The lowest BCUT2D eigenvalue weighted by molar-refractivity contribution is -0.0520. The Morgan fingerprint density at radius 3 is 2.40 bits per heavy atom. The minimum atomic E-state index is -5.60. The molecule has 15 heavy (non-hydrogen) atoms. The molecule has 0 N–H and O–H groups in total. The molecule has 83 valence electrons. The summed E-state index contributed by atoms with van der Waals surface area (Å²) in [5.41, 5.74) is -5.07. The average Bonchev–Trinajstić information content (AvgIpc) is 2.00. The van der Waals surface area contributed by atoms with Gasteiger partial charge in [0.15, 0.2) is 0 Å². The van der Waals surface area contributed by atoms with E-state index in [9.17, 15) is 21.6 Å². The molecule has 0 spiro atoms. The largest absolute Gasteiger partial charge is 0.534 e. The highest BCUT2D eigenvalue weighted by Gasteiger charge is 2.48. The van der Waals surface area contributed by atoms with Crippen molar-refractivity contribution in [3.05, 3.63) is 42.6 Å². The van der Waals surface area contributed by atoms with Crippen LogP contribution in [0, 0.1) is 6.42 Å². The fraction of sp³-hybridized carbons (Fsp3) is 0.125. The molecule has 1 aliphatic rings. The van der Waals surface area contributed by atoms with E-state index in [0.717, 1.165) is 12.5 Å². The minimum Gasteiger partial charge on any atom is -0.380 e. The molecule has 0 bridgehead atoms. The van der Waals surface area contributed by atoms with Gasteiger partial charge in [-0.1, -0.05) is 18.7 Å². The second-order valence-corrected chi connectivity index (χ2v) is 4.17. The number of alkyl halides is 3. The third-order valence-electron chi connectivity index (χ3n) is 1.39. The Balaban J connectivity index is 2.84. The van der Waals surface area contributed by atoms with E-state index in [-0.39, 0.29) is 0 Å². The summed E-state index contributed by atoms with van der Waals surface area (Å²) in [5, 5.41) is 0. The van der Waals surface area contributed by atoms with Gasteiger partial charge in [0.1, 0.15) is 5.76 Å². The van der Waals surface area contributed by atoms with E-state index >= 15 is 0 Å². The van der Waals surface area contributed by atoms with Gasteiger partial charge in [0, 0.05) is 0 Å². The van der Waals surface area contributed by atoms with E-state index in [1.54, 1.807) is 0 Å². The predicted molar refractivity (Wildman–Crippen MR) is 46.7 cm³/mol. The molecule has 0 aromatic heterocycles. The van der Waals surface area contributed by atoms with Crippen molar-refractivity contribution in [3.63, 3.8) is 0 Å². The van der Waals surface area contributed by atoms with E-state index in [4.69, 9.17) is 0 Å². The number of halogens is 3. The maximum atomic E-state index is 11.9. The maximum absolute atomic E-state index is 11.9. The van der Waals surface area contributed by atoms with Gasteiger partial charge in [-0.15, -0.1) is 0 Å². The standard InChI is InChI=1S/C8H6F3O3S/c1-6-3-2-4-7(5-6)14-15(12,13)8(9,10)11/h2-5H,1H2. The quantitative estimate of drug-likeness (QED) is 0.547. The number of allylic oxidation sites excluding steroid dienone is 4. The van der Waals surface area contributed by atoms with E-state index in [0.29, 0.717) is 5.57 Å². The summed E-state index contributed by atoms with van der Waals surface area (Å²) in [7, 11) is -5.60. The van der Waals surface area contributed by atoms with Gasteiger partial charge in [0.05, 0.1) is 6.42 Å². The topological polar surface area (TPSA) is 43.4 Å². The van der Waals surface area contributed by atoms with Gasteiger partial charge in [0.2, 0.25) is 0 Å². The first-order valence-corrected chi connectivity index (χ1v) is 5.06. The Labute approximate surface area is 84.7 Å². The van der Waals surface area contributed by atoms with Gasteiger partial charge in [0.25, 0.3) is 0 Å². The Kier molecular flexibility index (Phi) is 2.94. The fourth-order valence-electron chi connectivity index (χ4n) is 0.771. The van der Waals surface area contributed by atoms with E-state index < -0.39 is 21.4 Å². The molecule has 0 heterocycles. The Bertz CT molecular complexity index is 429. The van der Waals surface area contributed by atoms with Crippen LogP contribution in [0.15, 0.2) is 36.1 Å². The number of hydrogen-bond acceptors (Lipinski definition) is 3. The molecule has 0 atom stereocenters. The lowest BCUT2D eigenvalue weighted by atomic mass is 10.1. The summed E-state index contributed by atoms with van der Waals surface area (Å²) < 4.78 is 60.7. The Morgan fingerprint density at radius 1 is 1.33 bits per heavy atom. The predicted octanol–water partition coefficient (Wildman–Crippen LogP) is 2.07. The van der Waals surface area contributed by atoms with Crippen LogP contribution >= 0.6 is 0 Å². The molecule has 0 aromatic rings. The van der Waals surface area contributed by atoms with Crippen LogP contribution in [0.3, 0.4) is 0 Å². The second kappa shape index (κ2) is 3.73. The molecule has 7 heteroatoms. The molecule has 0 aliphatic heterocycles. The van der Waals surface area contributed by atoms with Gasteiger partial charge in [-0.3, -0.25) is 0 Å². The smallest absolute Gasteiger partial charge is 0.380 e. The van der Waals surface area contributed by atoms with Crippen molar-refractivity contribution in [1.82, 2.24) is 0 Å². The monoisotopic (exact) mass is 239 g/mol. The molecular formula is C8H6F3O3S. The number of hydrogen-bond donors (Lipinski definition) is 0. The van der Waals surface area contributed by atoms with Gasteiger partial charge in [-0.25, -0.2) is 0 Å². The molecule has 3 nitrogen and oxygen atoms in total. The normalized spacial score (nSPS) is 17.5. The van der Waals surface area contributed by atoms with Crippen molar-refractivity contribution in [2.75, 3.05) is 0 Å². The lowest BCUT2D eigenvalue weighted by Crippen LogP contribution is -2.25. The van der Waals surface area contributed by atoms with Gasteiger partial charge < -0.3 is 4.18 Å². The van der Waals surface area contributed by atoms with Crippen LogP contribution in [-0.4, -0.2) is 13.9 Å². The zero-order valence-electron chi connectivity index (χ0n) is 7.28. The summed E-state index contributed by atoms with van der Waals surface area (Å²) >= 11 is 0. The first-order chi connectivity index (χ1) is 6.72. The van der Waals surface area contributed by atoms with Crippen molar-refractivity contribution >= 4 is 10.1 Å². The van der Waals surface area contributed by atoms with Crippen molar-refractivity contribution in [3.8, 4) is 0 Å². The van der Waals surface area contributed by atoms with Crippen LogP contribution in [0.5, 0.6) is 0 Å². The van der Waals surface area contributed by atoms with Gasteiger partial charge in [-0.05, 0) is 11.6 Å². The molecule has 0 aromatic carbocycles. The van der Waals surface area contributed by atoms with Crippen molar-refractivity contribution in [1.29, 1.82) is 0 Å². The molecule has 0 saturated carbocycles. The fourth-order valence-corrected chi connectivity index (χ4v) is 1.22. The third-order valence-corrected chi connectivity index (χ3v) is 2.37. The van der Waals surface area contributed by atoms with Crippen molar-refractivity contribution in [2.45, 2.75) is 5.51 Å². The van der Waals surface area contributed by atoms with Crippen LogP contribution in [0.25, 0.3) is 0 Å². The third kappa shape index (κ3) is 2.85. The molecule has 0 fully saturated rings. The van der Waals surface area contributed by atoms with Crippen LogP contribution in [0.4, 0.5) is 13.2 Å². The Hall–Kier alpha value is -1.24. The molecule has 1 radical (unpaired) electrons. The maximum Gasteiger partial charge on any atom is 0.534 e. The molecule has 0 unspecified atom stereocenters. The average molecular weight is 239 g/mol. The molecule has 0 amide bonds. The Morgan fingerprint density at radius 2 is 1.93 bits per heavy atom. The minimum absolute atomic E-state index is 0.352. The zero-order valence-corrected chi connectivity index (χ0v) is 8.10. The summed E-state index contributed by atoms with van der Waals surface area (Å²) in [4.78, 5) is 0. The highest BCUT2D eigenvalue weighted by atomic mass is 32.2. The first-order valence-electron chi connectivity index (χ1n) is 3.65.